The normalized spacial score (nSPS) is 10.8. The molecule has 6 heteroatoms. The van der Waals surface area contributed by atoms with Crippen molar-refractivity contribution in [2.45, 2.75) is 17.8 Å². The Kier molecular flexibility index (Phi) is 4.75. The van der Waals surface area contributed by atoms with Crippen molar-refractivity contribution in [1.82, 2.24) is 24.7 Å². The van der Waals surface area contributed by atoms with E-state index in [0.717, 1.165) is 33.7 Å². The van der Waals surface area contributed by atoms with Crippen LogP contribution in [-0.2, 0) is 5.75 Å². The van der Waals surface area contributed by atoms with Crippen LogP contribution in [-0.4, -0.2) is 24.7 Å². The summed E-state index contributed by atoms with van der Waals surface area (Å²) >= 11 is 1.62. The van der Waals surface area contributed by atoms with Crippen LogP contribution >= 0.6 is 11.8 Å². The zero-order chi connectivity index (χ0) is 17.8. The summed E-state index contributed by atoms with van der Waals surface area (Å²) in [6, 6.07) is 18.2. The molecule has 0 aliphatic rings. The van der Waals surface area contributed by atoms with Crippen LogP contribution in [0.5, 0.6) is 0 Å². The molecule has 128 valence electrons. The monoisotopic (exact) mass is 359 g/mol. The van der Waals surface area contributed by atoms with Gasteiger partial charge in [0.05, 0.1) is 5.69 Å². The SMILES string of the molecule is Cc1ccc(-n2c(SCc3ccccn3)nnc2-c2cccnc2)cc1. The van der Waals surface area contributed by atoms with Crippen LogP contribution in [0.4, 0.5) is 0 Å². The van der Waals surface area contributed by atoms with Crippen molar-refractivity contribution in [1.29, 1.82) is 0 Å². The molecule has 0 amide bonds. The molecule has 0 unspecified atom stereocenters. The first-order chi connectivity index (χ1) is 12.8. The first-order valence-corrected chi connectivity index (χ1v) is 9.25. The number of aryl methyl sites for hydroxylation is 1. The Hall–Kier alpha value is -2.99. The second kappa shape index (κ2) is 7.49. The molecular weight excluding hydrogens is 342 g/mol. The van der Waals surface area contributed by atoms with E-state index in [1.165, 1.54) is 5.56 Å². The molecule has 0 spiro atoms. The average molecular weight is 359 g/mol. The van der Waals surface area contributed by atoms with E-state index in [9.17, 15) is 0 Å². The molecule has 5 nitrogen and oxygen atoms in total. The third-order valence-electron chi connectivity index (χ3n) is 3.92. The van der Waals surface area contributed by atoms with E-state index in [0.29, 0.717) is 0 Å². The lowest BCUT2D eigenvalue weighted by atomic mass is 10.2. The van der Waals surface area contributed by atoms with Gasteiger partial charge in [-0.1, -0.05) is 35.5 Å². The fourth-order valence-electron chi connectivity index (χ4n) is 2.59. The zero-order valence-electron chi connectivity index (χ0n) is 14.3. The minimum Gasteiger partial charge on any atom is -0.270 e. The quantitative estimate of drug-likeness (QED) is 0.497. The second-order valence-electron chi connectivity index (χ2n) is 5.83. The highest BCUT2D eigenvalue weighted by Gasteiger charge is 2.16. The maximum absolute atomic E-state index is 4.43. The summed E-state index contributed by atoms with van der Waals surface area (Å²) in [4.78, 5) is 8.60. The van der Waals surface area contributed by atoms with Gasteiger partial charge in [0, 0.05) is 35.6 Å². The van der Waals surface area contributed by atoms with Gasteiger partial charge in [0.25, 0.3) is 0 Å². The van der Waals surface area contributed by atoms with Crippen molar-refractivity contribution >= 4 is 11.8 Å². The van der Waals surface area contributed by atoms with Crippen LogP contribution < -0.4 is 0 Å². The molecule has 1 aromatic carbocycles. The molecular formula is C20H17N5S. The molecule has 3 heterocycles. The van der Waals surface area contributed by atoms with Crippen LogP contribution in [0.3, 0.4) is 0 Å². The molecule has 0 saturated heterocycles. The molecule has 0 saturated carbocycles. The van der Waals surface area contributed by atoms with Gasteiger partial charge in [0.1, 0.15) is 0 Å². The molecule has 0 atom stereocenters. The number of rotatable bonds is 5. The number of benzene rings is 1. The maximum atomic E-state index is 4.43. The third-order valence-corrected chi connectivity index (χ3v) is 4.88. The maximum Gasteiger partial charge on any atom is 0.196 e. The van der Waals surface area contributed by atoms with Gasteiger partial charge >= 0.3 is 0 Å². The van der Waals surface area contributed by atoms with Gasteiger partial charge in [-0.3, -0.25) is 14.5 Å². The van der Waals surface area contributed by atoms with Crippen LogP contribution in [0, 0.1) is 6.92 Å². The highest BCUT2D eigenvalue weighted by Crippen LogP contribution is 2.29. The van der Waals surface area contributed by atoms with Crippen molar-refractivity contribution in [3.05, 3.63) is 84.4 Å². The summed E-state index contributed by atoms with van der Waals surface area (Å²) in [6.07, 6.45) is 5.37. The molecule has 4 rings (SSSR count). The van der Waals surface area contributed by atoms with E-state index < -0.39 is 0 Å². The lowest BCUT2D eigenvalue weighted by Crippen LogP contribution is -2.00. The Labute approximate surface area is 156 Å². The largest absolute Gasteiger partial charge is 0.270 e. The van der Waals surface area contributed by atoms with Gasteiger partial charge in [-0.15, -0.1) is 10.2 Å². The first kappa shape index (κ1) is 16.5. The predicted octanol–water partition coefficient (Wildman–Crippen LogP) is 4.33. The number of hydrogen-bond acceptors (Lipinski definition) is 5. The lowest BCUT2D eigenvalue weighted by molar-refractivity contribution is 0.884. The number of pyridine rings is 2. The fraction of sp³-hybridized carbons (Fsp3) is 0.100. The van der Waals surface area contributed by atoms with Crippen molar-refractivity contribution in [2.24, 2.45) is 0 Å². The number of thioether (sulfide) groups is 1. The topological polar surface area (TPSA) is 56.5 Å². The van der Waals surface area contributed by atoms with E-state index in [2.05, 4.69) is 55.9 Å². The summed E-state index contributed by atoms with van der Waals surface area (Å²) in [5, 5.41) is 9.69. The Morgan fingerprint density at radius 1 is 0.923 bits per heavy atom. The second-order valence-corrected chi connectivity index (χ2v) is 6.77. The number of aromatic nitrogens is 5. The van der Waals surface area contributed by atoms with E-state index in [1.54, 1.807) is 18.0 Å². The predicted molar refractivity (Wildman–Crippen MR) is 103 cm³/mol. The van der Waals surface area contributed by atoms with Crippen molar-refractivity contribution in [3.8, 4) is 17.1 Å². The molecule has 26 heavy (non-hydrogen) atoms. The van der Waals surface area contributed by atoms with E-state index in [4.69, 9.17) is 0 Å². The van der Waals surface area contributed by atoms with E-state index in [1.807, 2.05) is 42.7 Å². The number of nitrogens with zero attached hydrogens (tertiary/aromatic N) is 5. The summed E-state index contributed by atoms with van der Waals surface area (Å²) in [5.74, 6) is 1.52. The van der Waals surface area contributed by atoms with Gasteiger partial charge in [-0.05, 0) is 43.3 Å². The molecule has 0 aliphatic carbocycles. The Morgan fingerprint density at radius 2 is 1.81 bits per heavy atom. The zero-order valence-corrected chi connectivity index (χ0v) is 15.1. The van der Waals surface area contributed by atoms with Gasteiger partial charge in [0.15, 0.2) is 11.0 Å². The first-order valence-electron chi connectivity index (χ1n) is 8.27. The van der Waals surface area contributed by atoms with Crippen molar-refractivity contribution < 1.29 is 0 Å². The van der Waals surface area contributed by atoms with Gasteiger partial charge in [-0.2, -0.15) is 0 Å². The summed E-state index contributed by atoms with van der Waals surface area (Å²) < 4.78 is 2.07. The van der Waals surface area contributed by atoms with Crippen LogP contribution in [0.25, 0.3) is 17.1 Å². The van der Waals surface area contributed by atoms with Crippen LogP contribution in [0.15, 0.2) is 78.3 Å². The van der Waals surface area contributed by atoms with Gasteiger partial charge in [0.2, 0.25) is 0 Å². The lowest BCUT2D eigenvalue weighted by Gasteiger charge is -2.10. The molecule has 3 aromatic heterocycles. The third kappa shape index (κ3) is 3.50. The Balaban J connectivity index is 1.74. The van der Waals surface area contributed by atoms with Gasteiger partial charge in [-0.25, -0.2) is 0 Å². The van der Waals surface area contributed by atoms with E-state index >= 15 is 0 Å². The smallest absolute Gasteiger partial charge is 0.196 e. The Bertz CT molecular complexity index is 982. The van der Waals surface area contributed by atoms with Crippen LogP contribution in [0.1, 0.15) is 11.3 Å². The fourth-order valence-corrected chi connectivity index (χ4v) is 3.46. The molecule has 0 radical (unpaired) electrons. The molecule has 0 N–H and O–H groups in total. The summed E-state index contributed by atoms with van der Waals surface area (Å²) in [5.41, 5.74) is 4.19. The summed E-state index contributed by atoms with van der Waals surface area (Å²) in [6.45, 7) is 2.08. The van der Waals surface area contributed by atoms with Crippen LogP contribution in [0.2, 0.25) is 0 Å². The van der Waals surface area contributed by atoms with E-state index in [-0.39, 0.29) is 0 Å². The van der Waals surface area contributed by atoms with Crippen molar-refractivity contribution in [2.75, 3.05) is 0 Å². The molecule has 0 fully saturated rings. The minimum absolute atomic E-state index is 0.734. The molecule has 4 aromatic rings. The highest BCUT2D eigenvalue weighted by molar-refractivity contribution is 7.98. The number of hydrogen-bond donors (Lipinski definition) is 0. The van der Waals surface area contributed by atoms with Gasteiger partial charge < -0.3 is 0 Å². The Morgan fingerprint density at radius 3 is 2.54 bits per heavy atom. The van der Waals surface area contributed by atoms with Crippen molar-refractivity contribution in [3.63, 3.8) is 0 Å². The minimum atomic E-state index is 0.734. The molecule has 0 aliphatic heterocycles. The standard InChI is InChI=1S/C20H17N5S/c1-15-7-9-18(10-8-15)25-19(16-5-4-11-21-13-16)23-24-20(25)26-14-17-6-2-3-12-22-17/h2-13H,14H2,1H3. The highest BCUT2D eigenvalue weighted by atomic mass is 32.2. The average Bonchev–Trinajstić information content (AvgIpc) is 3.12. The molecule has 0 bridgehead atoms. The summed E-state index contributed by atoms with van der Waals surface area (Å²) in [7, 11) is 0.